The second-order valence-corrected chi connectivity index (χ2v) is 10.5. The topological polar surface area (TPSA) is 48.0 Å². The molecule has 0 aliphatic carbocycles. The van der Waals surface area contributed by atoms with Crippen LogP contribution in [0.3, 0.4) is 0 Å². The highest BCUT2D eigenvalue weighted by atomic mass is 32.1. The van der Waals surface area contributed by atoms with Crippen molar-refractivity contribution in [3.8, 4) is 27.7 Å². The van der Waals surface area contributed by atoms with Crippen molar-refractivity contribution in [3.63, 3.8) is 0 Å². The van der Waals surface area contributed by atoms with E-state index in [4.69, 9.17) is 14.2 Å². The zero-order valence-electron chi connectivity index (χ0n) is 21.7. The average Bonchev–Trinajstić information content (AvgIpc) is 3.31. The summed E-state index contributed by atoms with van der Waals surface area (Å²) in [5.74, 6) is 2.37. The molecular weight excluding hydrogens is 482 g/mol. The van der Waals surface area contributed by atoms with Gasteiger partial charge < -0.3 is 14.2 Å². The highest BCUT2D eigenvalue weighted by Crippen LogP contribution is 2.43. The fourth-order valence-corrected chi connectivity index (χ4v) is 6.28. The number of nitrogens with zero attached hydrogens (tertiary/aromatic N) is 1. The van der Waals surface area contributed by atoms with Crippen LogP contribution in [0.1, 0.15) is 40.7 Å². The standard InChI is InChI=1S/C31H33NO4S/c1-21-19-24(34-2)11-13-26(21)31-29(27-14-12-25(35-3)20-28(27)37-31)30(33)22-7-9-23(10-8-22)36-18-17-32-15-5-4-6-16-32/h7-14,19-20H,4-6,15-18H2,1-3H3. The minimum Gasteiger partial charge on any atom is -0.497 e. The smallest absolute Gasteiger partial charge is 0.195 e. The lowest BCUT2D eigenvalue weighted by Gasteiger charge is -2.26. The summed E-state index contributed by atoms with van der Waals surface area (Å²) in [6, 6.07) is 19.4. The zero-order chi connectivity index (χ0) is 25.8. The van der Waals surface area contributed by atoms with Crippen LogP contribution in [0.4, 0.5) is 0 Å². The van der Waals surface area contributed by atoms with E-state index in [1.807, 2.05) is 67.6 Å². The van der Waals surface area contributed by atoms with Crippen LogP contribution in [0, 0.1) is 6.92 Å². The summed E-state index contributed by atoms with van der Waals surface area (Å²) < 4.78 is 17.9. The van der Waals surface area contributed by atoms with Crippen molar-refractivity contribution >= 4 is 27.2 Å². The van der Waals surface area contributed by atoms with Crippen molar-refractivity contribution in [2.75, 3.05) is 40.5 Å². The molecule has 0 spiro atoms. The van der Waals surface area contributed by atoms with E-state index in [2.05, 4.69) is 4.90 Å². The first-order valence-electron chi connectivity index (χ1n) is 12.8. The largest absolute Gasteiger partial charge is 0.497 e. The third kappa shape index (κ3) is 5.50. The van der Waals surface area contributed by atoms with E-state index in [1.165, 1.54) is 19.3 Å². The Labute approximate surface area is 222 Å². The van der Waals surface area contributed by atoms with Gasteiger partial charge in [0.15, 0.2) is 5.78 Å². The summed E-state index contributed by atoms with van der Waals surface area (Å²) in [5, 5.41) is 0.933. The van der Waals surface area contributed by atoms with Crippen LogP contribution >= 0.6 is 11.3 Å². The van der Waals surface area contributed by atoms with E-state index in [1.54, 1.807) is 25.6 Å². The number of hydrogen-bond acceptors (Lipinski definition) is 6. The number of carbonyl (C=O) groups is 1. The molecular formula is C31H33NO4S. The van der Waals surface area contributed by atoms with Gasteiger partial charge in [-0.05, 0) is 105 Å². The highest BCUT2D eigenvalue weighted by Gasteiger charge is 2.23. The van der Waals surface area contributed by atoms with Gasteiger partial charge in [0.05, 0.1) is 14.2 Å². The molecule has 0 radical (unpaired) electrons. The predicted molar refractivity (Wildman–Crippen MR) is 151 cm³/mol. The summed E-state index contributed by atoms with van der Waals surface area (Å²) in [7, 11) is 3.32. The van der Waals surface area contributed by atoms with Crippen LogP contribution in [0.5, 0.6) is 17.2 Å². The summed E-state index contributed by atoms with van der Waals surface area (Å²) in [5.41, 5.74) is 3.45. The second kappa shape index (κ2) is 11.4. The normalized spacial score (nSPS) is 14.0. The molecule has 1 aliphatic heterocycles. The lowest BCUT2D eigenvalue weighted by Crippen LogP contribution is -2.33. The molecule has 6 heteroatoms. The predicted octanol–water partition coefficient (Wildman–Crippen LogP) is 6.99. The molecule has 0 atom stereocenters. The fraction of sp³-hybridized carbons (Fsp3) is 0.323. The number of benzene rings is 3. The summed E-state index contributed by atoms with van der Waals surface area (Å²) in [6.07, 6.45) is 3.89. The van der Waals surface area contributed by atoms with Crippen LogP contribution in [-0.2, 0) is 0 Å². The van der Waals surface area contributed by atoms with Crippen molar-refractivity contribution < 1.29 is 19.0 Å². The van der Waals surface area contributed by atoms with Gasteiger partial charge in [0.25, 0.3) is 0 Å². The first kappa shape index (κ1) is 25.3. The Morgan fingerprint density at radius 3 is 2.24 bits per heavy atom. The van der Waals surface area contributed by atoms with Gasteiger partial charge in [-0.25, -0.2) is 0 Å². The molecule has 192 valence electrons. The quantitative estimate of drug-likeness (QED) is 0.225. The number of likely N-dealkylation sites (tertiary alicyclic amines) is 1. The summed E-state index contributed by atoms with van der Waals surface area (Å²) in [6.45, 7) is 5.97. The molecule has 37 heavy (non-hydrogen) atoms. The van der Waals surface area contributed by atoms with Gasteiger partial charge in [-0.1, -0.05) is 6.42 Å². The monoisotopic (exact) mass is 515 g/mol. The van der Waals surface area contributed by atoms with Crippen molar-refractivity contribution in [1.82, 2.24) is 4.90 Å². The summed E-state index contributed by atoms with van der Waals surface area (Å²) >= 11 is 1.61. The molecule has 2 heterocycles. The molecule has 0 unspecified atom stereocenters. The van der Waals surface area contributed by atoms with Gasteiger partial charge in [0.2, 0.25) is 0 Å². The lowest BCUT2D eigenvalue weighted by atomic mass is 9.96. The molecule has 4 aromatic rings. The third-order valence-corrected chi connectivity index (χ3v) is 8.23. The van der Waals surface area contributed by atoms with Crippen molar-refractivity contribution in [2.24, 2.45) is 0 Å². The van der Waals surface area contributed by atoms with Crippen molar-refractivity contribution in [3.05, 3.63) is 77.4 Å². The molecule has 1 aromatic heterocycles. The first-order chi connectivity index (χ1) is 18.1. The number of fused-ring (bicyclic) bond motifs is 1. The number of ketones is 1. The number of hydrogen-bond donors (Lipinski definition) is 0. The first-order valence-corrected chi connectivity index (χ1v) is 13.6. The Bertz CT molecular complexity index is 1390. The van der Waals surface area contributed by atoms with Gasteiger partial charge in [-0.3, -0.25) is 9.69 Å². The Hall–Kier alpha value is -3.35. The van der Waals surface area contributed by atoms with Gasteiger partial charge in [0.1, 0.15) is 23.9 Å². The van der Waals surface area contributed by atoms with Crippen LogP contribution in [0.25, 0.3) is 20.5 Å². The van der Waals surface area contributed by atoms with Crippen LogP contribution in [-0.4, -0.2) is 51.1 Å². The van der Waals surface area contributed by atoms with E-state index >= 15 is 0 Å². The number of ether oxygens (including phenoxy) is 3. The van der Waals surface area contributed by atoms with Gasteiger partial charge in [-0.15, -0.1) is 11.3 Å². The molecule has 5 nitrogen and oxygen atoms in total. The van der Waals surface area contributed by atoms with E-state index in [0.29, 0.717) is 12.2 Å². The Balaban J connectivity index is 1.43. The summed E-state index contributed by atoms with van der Waals surface area (Å²) in [4.78, 5) is 17.4. The number of methoxy groups -OCH3 is 2. The third-order valence-electron chi connectivity index (χ3n) is 7.04. The highest BCUT2D eigenvalue weighted by molar-refractivity contribution is 7.22. The minimum absolute atomic E-state index is 0.00139. The molecule has 1 aliphatic rings. The molecule has 5 rings (SSSR count). The molecule has 1 saturated heterocycles. The van der Waals surface area contributed by atoms with Gasteiger partial charge >= 0.3 is 0 Å². The van der Waals surface area contributed by atoms with E-state index in [9.17, 15) is 4.79 Å². The van der Waals surface area contributed by atoms with E-state index in [-0.39, 0.29) is 5.78 Å². The zero-order valence-corrected chi connectivity index (χ0v) is 22.5. The van der Waals surface area contributed by atoms with Crippen molar-refractivity contribution in [1.29, 1.82) is 0 Å². The number of rotatable bonds is 9. The fourth-order valence-electron chi connectivity index (χ4n) is 4.96. The second-order valence-electron chi connectivity index (χ2n) is 9.45. The number of piperidine rings is 1. The van der Waals surface area contributed by atoms with E-state index in [0.717, 1.165) is 68.5 Å². The molecule has 0 N–H and O–H groups in total. The van der Waals surface area contributed by atoms with Crippen LogP contribution in [0.2, 0.25) is 0 Å². The van der Waals surface area contributed by atoms with Gasteiger partial charge in [-0.2, -0.15) is 0 Å². The lowest BCUT2D eigenvalue weighted by molar-refractivity contribution is 0.104. The van der Waals surface area contributed by atoms with Gasteiger partial charge in [0, 0.05) is 32.6 Å². The Morgan fingerprint density at radius 1 is 0.865 bits per heavy atom. The molecule has 3 aromatic carbocycles. The molecule has 0 saturated carbocycles. The van der Waals surface area contributed by atoms with E-state index < -0.39 is 0 Å². The number of thiophene rings is 1. The molecule has 1 fully saturated rings. The Kier molecular flexibility index (Phi) is 7.77. The number of carbonyl (C=O) groups excluding carboxylic acids is 1. The maximum Gasteiger partial charge on any atom is 0.195 e. The SMILES string of the molecule is COc1ccc(-c2sc3cc(OC)ccc3c2C(=O)c2ccc(OCCN3CCCCC3)cc2)c(C)c1. The minimum atomic E-state index is 0.00139. The van der Waals surface area contributed by atoms with Crippen LogP contribution < -0.4 is 14.2 Å². The molecule has 0 bridgehead atoms. The number of aryl methyl sites for hydroxylation is 1. The average molecular weight is 516 g/mol. The maximum absolute atomic E-state index is 13.9. The maximum atomic E-state index is 13.9. The van der Waals surface area contributed by atoms with Crippen LogP contribution in [0.15, 0.2) is 60.7 Å². The van der Waals surface area contributed by atoms with Crippen molar-refractivity contribution in [2.45, 2.75) is 26.2 Å². The molecule has 0 amide bonds. The Morgan fingerprint density at radius 2 is 1.54 bits per heavy atom.